The van der Waals surface area contributed by atoms with Crippen molar-refractivity contribution in [2.75, 3.05) is 0 Å². The van der Waals surface area contributed by atoms with Crippen molar-refractivity contribution >= 4 is 0 Å². The molecular formula is C37H46. The van der Waals surface area contributed by atoms with Crippen LogP contribution in [0.15, 0.2) is 72.8 Å². The number of hydrogen-bond acceptors (Lipinski definition) is 0. The minimum Gasteiger partial charge on any atom is -0.0683 e. The Labute approximate surface area is 226 Å². The summed E-state index contributed by atoms with van der Waals surface area (Å²) in [7, 11) is 0. The smallest absolute Gasteiger partial charge is 0.00132 e. The van der Waals surface area contributed by atoms with Crippen LogP contribution >= 0.6 is 0 Å². The Bertz CT molecular complexity index is 1220. The van der Waals surface area contributed by atoms with E-state index in [1.54, 1.807) is 22.3 Å². The van der Waals surface area contributed by atoms with Crippen LogP contribution in [0.3, 0.4) is 0 Å². The van der Waals surface area contributed by atoms with Gasteiger partial charge in [0.15, 0.2) is 0 Å². The molecule has 0 aliphatic heterocycles. The normalized spacial score (nSPS) is 12.3. The number of fused-ring (bicyclic) bond motifs is 9. The van der Waals surface area contributed by atoms with Crippen LogP contribution in [0.1, 0.15) is 111 Å². The van der Waals surface area contributed by atoms with Gasteiger partial charge in [-0.05, 0) is 98.9 Å². The summed E-state index contributed by atoms with van der Waals surface area (Å²) in [5.41, 5.74) is 18.5. The van der Waals surface area contributed by atoms with Crippen LogP contribution in [0, 0.1) is 0 Å². The lowest BCUT2D eigenvalue weighted by molar-refractivity contribution is 0.990. The van der Waals surface area contributed by atoms with E-state index in [2.05, 4.69) is 72.8 Å². The van der Waals surface area contributed by atoms with E-state index in [-0.39, 0.29) is 0 Å². The lowest BCUT2D eigenvalue weighted by atomic mass is 9.78. The Morgan fingerprint density at radius 1 is 0.297 bits per heavy atom. The van der Waals surface area contributed by atoms with Gasteiger partial charge in [0.1, 0.15) is 0 Å². The zero-order chi connectivity index (χ0) is 26.9. The summed E-state index contributed by atoms with van der Waals surface area (Å²) < 4.78 is 0. The molecule has 4 aromatic carbocycles. The van der Waals surface area contributed by atoms with Gasteiger partial charge < -0.3 is 0 Å². The van der Waals surface area contributed by atoms with Gasteiger partial charge in [-0.3, -0.25) is 0 Å². The Balaban J connectivity index is 0.000000438. The molecule has 4 aromatic rings. The fourth-order valence-corrected chi connectivity index (χ4v) is 5.93. The predicted molar refractivity (Wildman–Crippen MR) is 164 cm³/mol. The largest absolute Gasteiger partial charge is 0.0683 e. The fraction of sp³-hybridized carbons (Fsp3) is 0.351. The molecule has 194 valence electrons. The first-order valence-electron chi connectivity index (χ1n) is 14.8. The average Bonchev–Trinajstić information content (AvgIpc) is 3.39. The molecule has 37 heavy (non-hydrogen) atoms. The maximum Gasteiger partial charge on any atom is -0.00132 e. The second-order valence-corrected chi connectivity index (χ2v) is 8.90. The number of hydrogen-bond donors (Lipinski definition) is 0. The van der Waals surface area contributed by atoms with E-state index < -0.39 is 0 Å². The van der Waals surface area contributed by atoms with E-state index in [4.69, 9.17) is 0 Å². The van der Waals surface area contributed by atoms with Crippen molar-refractivity contribution in [3.8, 4) is 11.1 Å². The van der Waals surface area contributed by atoms with Crippen molar-refractivity contribution in [1.29, 1.82) is 0 Å². The van der Waals surface area contributed by atoms with Crippen molar-refractivity contribution in [3.63, 3.8) is 0 Å². The van der Waals surface area contributed by atoms with Gasteiger partial charge in [0, 0.05) is 0 Å². The highest BCUT2D eigenvalue weighted by Crippen LogP contribution is 2.47. The zero-order valence-corrected chi connectivity index (χ0v) is 24.5. The lowest BCUT2D eigenvalue weighted by Crippen LogP contribution is -2.11. The third kappa shape index (κ3) is 5.30. The van der Waals surface area contributed by atoms with Gasteiger partial charge >= 0.3 is 0 Å². The highest BCUT2D eigenvalue weighted by molar-refractivity contribution is 5.85. The van der Waals surface area contributed by atoms with Crippen LogP contribution in [-0.2, 0) is 32.1 Å². The molecule has 0 saturated heterocycles. The van der Waals surface area contributed by atoms with E-state index >= 15 is 0 Å². The molecule has 0 radical (unpaired) electrons. The summed E-state index contributed by atoms with van der Waals surface area (Å²) in [4.78, 5) is 0. The molecule has 3 aliphatic rings. The van der Waals surface area contributed by atoms with Gasteiger partial charge in [-0.15, -0.1) is 0 Å². The van der Waals surface area contributed by atoms with Gasteiger partial charge in [0.2, 0.25) is 0 Å². The van der Waals surface area contributed by atoms with Crippen molar-refractivity contribution in [2.24, 2.45) is 0 Å². The first-order valence-corrected chi connectivity index (χ1v) is 14.8. The minimum absolute atomic E-state index is 1.08. The molecule has 0 fully saturated rings. The summed E-state index contributed by atoms with van der Waals surface area (Å²) in [6, 6.07) is 27.6. The minimum atomic E-state index is 1.08. The molecule has 0 heterocycles. The molecule has 0 unspecified atom stereocenters. The summed E-state index contributed by atoms with van der Waals surface area (Å²) in [6.07, 6.45) is 5.40. The quantitative estimate of drug-likeness (QED) is 0.198. The molecule has 0 aromatic heterocycles. The molecule has 0 bridgehead atoms. The van der Waals surface area contributed by atoms with E-state index in [0.717, 1.165) is 32.1 Å². The van der Waals surface area contributed by atoms with E-state index in [0.29, 0.717) is 0 Å². The molecule has 0 atom stereocenters. The Kier molecular flexibility index (Phi) is 10.3. The van der Waals surface area contributed by atoms with Crippen LogP contribution < -0.4 is 0 Å². The third-order valence-corrected chi connectivity index (χ3v) is 7.36. The fourth-order valence-electron chi connectivity index (χ4n) is 5.93. The summed E-state index contributed by atoms with van der Waals surface area (Å²) in [5.74, 6) is 0. The Morgan fingerprint density at radius 3 is 0.919 bits per heavy atom. The second-order valence-electron chi connectivity index (χ2n) is 8.90. The Morgan fingerprint density at radius 2 is 0.568 bits per heavy atom. The van der Waals surface area contributed by atoms with Gasteiger partial charge in [0.25, 0.3) is 0 Å². The van der Waals surface area contributed by atoms with Crippen LogP contribution in [0.25, 0.3) is 11.1 Å². The maximum atomic E-state index is 2.41. The van der Waals surface area contributed by atoms with Gasteiger partial charge in [0.05, 0.1) is 0 Å². The molecule has 0 saturated carbocycles. The first kappa shape index (κ1) is 28.5. The topological polar surface area (TPSA) is 0 Å². The molecule has 7 rings (SSSR count). The maximum absolute atomic E-state index is 2.41. The SMILES string of the molecule is CC.CC.CC.CC.c1ccc2c(c1)Cc1ccc3c(c1C2)-c1c(ccc2c1Cc1ccccc1C2)C3. The molecule has 0 spiro atoms. The lowest BCUT2D eigenvalue weighted by Gasteiger charge is -2.26. The summed E-state index contributed by atoms with van der Waals surface area (Å²) >= 11 is 0. The van der Waals surface area contributed by atoms with Gasteiger partial charge in [-0.25, -0.2) is 0 Å². The molecule has 0 amide bonds. The van der Waals surface area contributed by atoms with Crippen LogP contribution in [-0.4, -0.2) is 0 Å². The highest BCUT2D eigenvalue weighted by atomic mass is 14.3. The van der Waals surface area contributed by atoms with Crippen LogP contribution in [0.4, 0.5) is 0 Å². The predicted octanol–water partition coefficient (Wildman–Crippen LogP) is 10.4. The number of rotatable bonds is 0. The van der Waals surface area contributed by atoms with Crippen LogP contribution in [0.5, 0.6) is 0 Å². The zero-order valence-electron chi connectivity index (χ0n) is 24.5. The molecule has 3 aliphatic carbocycles. The average molecular weight is 491 g/mol. The van der Waals surface area contributed by atoms with Gasteiger partial charge in [-0.1, -0.05) is 128 Å². The summed E-state index contributed by atoms with van der Waals surface area (Å²) in [6.45, 7) is 16.0. The summed E-state index contributed by atoms with van der Waals surface area (Å²) in [5, 5.41) is 0. The Hall–Kier alpha value is -3.12. The first-order chi connectivity index (χ1) is 18.3. The van der Waals surface area contributed by atoms with Gasteiger partial charge in [-0.2, -0.15) is 0 Å². The monoisotopic (exact) mass is 490 g/mol. The molecular weight excluding hydrogens is 444 g/mol. The molecule has 0 heteroatoms. The second kappa shape index (κ2) is 13.4. The van der Waals surface area contributed by atoms with Crippen molar-refractivity contribution in [1.82, 2.24) is 0 Å². The van der Waals surface area contributed by atoms with E-state index in [1.165, 1.54) is 44.5 Å². The third-order valence-electron chi connectivity index (χ3n) is 7.36. The van der Waals surface area contributed by atoms with Crippen molar-refractivity contribution in [3.05, 3.63) is 128 Å². The molecule has 0 N–H and O–H groups in total. The van der Waals surface area contributed by atoms with Crippen molar-refractivity contribution in [2.45, 2.75) is 87.5 Å². The van der Waals surface area contributed by atoms with Crippen LogP contribution in [0.2, 0.25) is 0 Å². The number of benzene rings is 4. The van der Waals surface area contributed by atoms with E-state index in [9.17, 15) is 0 Å². The van der Waals surface area contributed by atoms with Crippen molar-refractivity contribution < 1.29 is 0 Å². The molecule has 0 nitrogen and oxygen atoms in total. The highest BCUT2D eigenvalue weighted by Gasteiger charge is 2.30. The standard InChI is InChI=1S/C29H22.4C2H6/c1-3-7-20-16-26-22(13-18(20)5-1)9-11-24-15-25-12-10-23-14-19-6-2-4-8-21(19)17-27(23)29(25)28(24)26;4*1-2/h1-12H,13-17H2;4*1-2H3. The van der Waals surface area contributed by atoms with E-state index in [1.807, 2.05) is 55.4 Å².